The predicted molar refractivity (Wildman–Crippen MR) is 90.4 cm³/mol. The molecule has 0 aromatic carbocycles. The van der Waals surface area contributed by atoms with E-state index in [2.05, 4.69) is 43.5 Å². The number of rotatable bonds is 8. The van der Waals surface area contributed by atoms with E-state index in [1.54, 1.807) is 0 Å². The van der Waals surface area contributed by atoms with Crippen LogP contribution in [0.15, 0.2) is 0 Å². The summed E-state index contributed by atoms with van der Waals surface area (Å²) in [6.07, 6.45) is 2.98. The highest BCUT2D eigenvalue weighted by Crippen LogP contribution is 2.20. The van der Waals surface area contributed by atoms with Crippen LogP contribution in [0, 0.1) is 0 Å². The van der Waals surface area contributed by atoms with Gasteiger partial charge in [0.05, 0.1) is 0 Å². The first-order valence-corrected chi connectivity index (χ1v) is 14.9. The Morgan fingerprint density at radius 3 is 1.89 bits per heavy atom. The van der Waals surface area contributed by atoms with Crippen molar-refractivity contribution in [2.75, 3.05) is 12.3 Å². The maximum Gasteiger partial charge on any atom is 0.188 e. The molecule has 0 aliphatic rings. The van der Waals surface area contributed by atoms with Gasteiger partial charge in [0.1, 0.15) is 16.5 Å². The van der Waals surface area contributed by atoms with Crippen molar-refractivity contribution in [3.8, 4) is 0 Å². The van der Waals surface area contributed by atoms with Gasteiger partial charge in [-0.1, -0.05) is 58.0 Å². The molecule has 108 valence electrons. The summed E-state index contributed by atoms with van der Waals surface area (Å²) >= 11 is 1.47. The third-order valence-electron chi connectivity index (χ3n) is 2.94. The van der Waals surface area contributed by atoms with E-state index in [0.29, 0.717) is 5.12 Å². The molecule has 0 spiro atoms. The first-order chi connectivity index (χ1) is 8.09. The van der Waals surface area contributed by atoms with Crippen LogP contribution in [0.5, 0.6) is 0 Å². The second kappa shape index (κ2) is 7.87. The Bertz CT molecular complexity index is 245. The predicted octanol–water partition coefficient (Wildman–Crippen LogP) is 4.41. The molecule has 0 rings (SSSR count). The number of unbranched alkanes of at least 4 members (excludes halogenated alkanes) is 1. The number of carbonyl (C=O) groups excluding carboxylic acids is 1. The Morgan fingerprint density at radius 2 is 1.50 bits per heavy atom. The second-order valence-corrected chi connectivity index (χ2v) is 18.3. The molecule has 0 aliphatic heterocycles. The molecule has 0 aromatic rings. The molecular formula is C13H31NOSSi2. The van der Waals surface area contributed by atoms with Crippen LogP contribution in [-0.2, 0) is 4.79 Å². The van der Waals surface area contributed by atoms with Crippen molar-refractivity contribution in [3.63, 3.8) is 0 Å². The number of carbonyl (C=O) groups is 1. The molecule has 0 heterocycles. The monoisotopic (exact) mass is 305 g/mol. The van der Waals surface area contributed by atoms with Gasteiger partial charge < -0.3 is 4.23 Å². The van der Waals surface area contributed by atoms with Gasteiger partial charge in [-0.25, -0.2) is 0 Å². The van der Waals surface area contributed by atoms with Crippen LogP contribution >= 0.6 is 11.8 Å². The number of thioether (sulfide) groups is 1. The zero-order valence-electron chi connectivity index (χ0n) is 13.3. The summed E-state index contributed by atoms with van der Waals surface area (Å²) in [6, 6.07) is 0. The van der Waals surface area contributed by atoms with Crippen LogP contribution in [-0.4, -0.2) is 38.1 Å². The average Bonchev–Trinajstić information content (AvgIpc) is 2.13. The fraction of sp³-hybridized carbons (Fsp3) is 0.923. The van der Waals surface area contributed by atoms with E-state index in [1.807, 2.05) is 6.92 Å². The van der Waals surface area contributed by atoms with Crippen molar-refractivity contribution in [1.82, 2.24) is 4.23 Å². The minimum atomic E-state index is -1.21. The van der Waals surface area contributed by atoms with Crippen LogP contribution in [0.3, 0.4) is 0 Å². The first kappa shape index (κ1) is 18.4. The lowest BCUT2D eigenvalue weighted by molar-refractivity contribution is -0.111. The Hall–Kier alpha value is 0.414. The molecule has 0 saturated carbocycles. The Kier molecular flexibility index (Phi) is 8.05. The molecule has 2 nitrogen and oxygen atoms in total. The quantitative estimate of drug-likeness (QED) is 0.489. The lowest BCUT2D eigenvalue weighted by atomic mass is 10.2. The van der Waals surface area contributed by atoms with E-state index in [0.717, 1.165) is 18.6 Å². The second-order valence-electron chi connectivity index (χ2n) is 6.76. The van der Waals surface area contributed by atoms with E-state index in [-0.39, 0.29) is 0 Å². The van der Waals surface area contributed by atoms with Crippen LogP contribution in [0.2, 0.25) is 39.3 Å². The highest BCUT2D eigenvalue weighted by atomic mass is 32.2. The molecule has 0 fully saturated rings. The lowest BCUT2D eigenvalue weighted by Gasteiger charge is -2.43. The average molecular weight is 306 g/mol. The molecule has 0 atom stereocenters. The van der Waals surface area contributed by atoms with Crippen molar-refractivity contribution < 1.29 is 4.79 Å². The summed E-state index contributed by atoms with van der Waals surface area (Å²) < 4.78 is 2.80. The smallest absolute Gasteiger partial charge is 0.188 e. The molecular weight excluding hydrogens is 274 g/mol. The van der Waals surface area contributed by atoms with Crippen molar-refractivity contribution in [2.24, 2.45) is 0 Å². The summed E-state index contributed by atoms with van der Waals surface area (Å²) in [7, 11) is -2.42. The van der Waals surface area contributed by atoms with Crippen molar-refractivity contribution in [1.29, 1.82) is 0 Å². The topological polar surface area (TPSA) is 20.3 Å². The molecule has 0 radical (unpaired) electrons. The van der Waals surface area contributed by atoms with Crippen molar-refractivity contribution in [2.45, 2.75) is 65.5 Å². The van der Waals surface area contributed by atoms with Gasteiger partial charge in [0.15, 0.2) is 5.12 Å². The number of hydrogen-bond acceptors (Lipinski definition) is 3. The lowest BCUT2D eigenvalue weighted by Crippen LogP contribution is -2.59. The Labute approximate surface area is 120 Å². The van der Waals surface area contributed by atoms with Gasteiger partial charge in [0.2, 0.25) is 0 Å². The van der Waals surface area contributed by atoms with Crippen LogP contribution in [0.25, 0.3) is 0 Å². The van der Waals surface area contributed by atoms with Gasteiger partial charge in [0.25, 0.3) is 0 Å². The molecule has 0 unspecified atom stereocenters. The van der Waals surface area contributed by atoms with Gasteiger partial charge in [0, 0.05) is 6.42 Å². The molecule has 0 bridgehead atoms. The standard InChI is InChI=1S/C13H31NOSSi2/c1-8-16-13(15)11-9-10-12-14(17(2,3)4)18(5,6)7/h8-12H2,1-7H3. The molecule has 0 aromatic heterocycles. The van der Waals surface area contributed by atoms with Gasteiger partial charge in [-0.05, 0) is 25.1 Å². The Morgan fingerprint density at radius 1 is 1.00 bits per heavy atom. The summed E-state index contributed by atoms with van der Waals surface area (Å²) in [6.45, 7) is 17.8. The molecule has 0 aliphatic carbocycles. The minimum absolute atomic E-state index is 0.366. The highest BCUT2D eigenvalue weighted by molar-refractivity contribution is 8.13. The third-order valence-corrected chi connectivity index (χ3v) is 11.5. The SMILES string of the molecule is CCSC(=O)CCCCN([Si](C)(C)C)[Si](C)(C)C. The summed E-state index contributed by atoms with van der Waals surface area (Å²) in [5, 5.41) is 0.366. The van der Waals surface area contributed by atoms with E-state index in [1.165, 1.54) is 24.7 Å². The fourth-order valence-electron chi connectivity index (χ4n) is 2.45. The largest absolute Gasteiger partial charge is 0.346 e. The highest BCUT2D eigenvalue weighted by Gasteiger charge is 2.33. The van der Waals surface area contributed by atoms with E-state index < -0.39 is 16.5 Å². The summed E-state index contributed by atoms with van der Waals surface area (Å²) in [4.78, 5) is 11.4. The van der Waals surface area contributed by atoms with Crippen LogP contribution in [0.4, 0.5) is 0 Å². The maximum absolute atomic E-state index is 11.4. The number of nitrogens with zero attached hydrogens (tertiary/aromatic N) is 1. The first-order valence-electron chi connectivity index (χ1n) is 7.02. The van der Waals surface area contributed by atoms with Crippen molar-refractivity contribution in [3.05, 3.63) is 0 Å². The van der Waals surface area contributed by atoms with Gasteiger partial charge in [-0.2, -0.15) is 0 Å². The Balaban J connectivity index is 4.11. The molecule has 0 N–H and O–H groups in total. The van der Waals surface area contributed by atoms with E-state index >= 15 is 0 Å². The molecule has 0 amide bonds. The zero-order chi connectivity index (χ0) is 14.4. The van der Waals surface area contributed by atoms with E-state index in [4.69, 9.17) is 0 Å². The normalized spacial score (nSPS) is 13.1. The third kappa shape index (κ3) is 7.76. The fourth-order valence-corrected chi connectivity index (χ4v) is 12.8. The van der Waals surface area contributed by atoms with Crippen LogP contribution in [0.1, 0.15) is 26.2 Å². The number of hydrogen-bond donors (Lipinski definition) is 0. The minimum Gasteiger partial charge on any atom is -0.346 e. The molecule has 0 saturated heterocycles. The summed E-state index contributed by atoms with van der Waals surface area (Å²) in [5.74, 6) is 0.911. The molecule has 5 heteroatoms. The summed E-state index contributed by atoms with van der Waals surface area (Å²) in [5.41, 5.74) is 0. The van der Waals surface area contributed by atoms with Gasteiger partial charge in [-0.15, -0.1) is 0 Å². The van der Waals surface area contributed by atoms with Crippen LogP contribution < -0.4 is 0 Å². The maximum atomic E-state index is 11.4. The molecule has 18 heavy (non-hydrogen) atoms. The van der Waals surface area contributed by atoms with Gasteiger partial charge >= 0.3 is 0 Å². The zero-order valence-corrected chi connectivity index (χ0v) is 16.1. The van der Waals surface area contributed by atoms with Gasteiger partial charge in [-0.3, -0.25) is 4.79 Å². The van der Waals surface area contributed by atoms with E-state index in [9.17, 15) is 4.79 Å². The van der Waals surface area contributed by atoms with Crippen molar-refractivity contribution >= 4 is 33.3 Å².